The number of hydrogen-bond donors (Lipinski definition) is 5. The van der Waals surface area contributed by atoms with Gasteiger partial charge in [0.15, 0.2) is 0 Å². The lowest BCUT2D eigenvalue weighted by Crippen LogP contribution is -2.50. The molecule has 0 saturated carbocycles. The van der Waals surface area contributed by atoms with Crippen LogP contribution in [0.25, 0.3) is 0 Å². The minimum atomic E-state index is 0. The van der Waals surface area contributed by atoms with E-state index in [1.165, 1.54) is 0 Å². The molecule has 5 N–H and O–H groups in total. The van der Waals surface area contributed by atoms with Crippen LogP contribution in [0.4, 0.5) is 0 Å². The molecule has 0 unspecified atom stereocenters. The standard InChI is InChI=1S/C7H20N4O.C7H20N4.C6H15N3.4CH4/c1-8-4-9-5-11(2)6-10-7-12-3;1-8-5-10(3)7-11(4)6-9-2;1-7-4-8(2)6-9(3)5-7;;;;/h8-10H,4-7H2,1-3H3;8-9H,5-7H2,1-4H3;4-6H2,1-3H3;4*1H4. The number of hydrogen-bond acceptors (Lipinski definition) is 12. The van der Waals surface area contributed by atoms with E-state index < -0.39 is 0 Å². The summed E-state index contributed by atoms with van der Waals surface area (Å²) < 4.78 is 4.85. The van der Waals surface area contributed by atoms with E-state index in [-0.39, 0.29) is 29.7 Å². The summed E-state index contributed by atoms with van der Waals surface area (Å²) in [6, 6.07) is 0. The molecule has 36 heavy (non-hydrogen) atoms. The monoisotopic (exact) mass is 530 g/mol. The lowest BCUT2D eigenvalue weighted by Gasteiger charge is -2.36. The second-order valence-electron chi connectivity index (χ2n) is 8.50. The van der Waals surface area contributed by atoms with Gasteiger partial charge in [0, 0.05) is 33.8 Å². The Hall–Kier alpha value is -0.480. The zero-order chi connectivity index (χ0) is 24.8. The highest BCUT2D eigenvalue weighted by Crippen LogP contribution is 1.98. The van der Waals surface area contributed by atoms with Crippen LogP contribution in [-0.2, 0) is 4.74 Å². The molecule has 1 heterocycles. The van der Waals surface area contributed by atoms with Gasteiger partial charge in [0.25, 0.3) is 0 Å². The third-order valence-corrected chi connectivity index (χ3v) is 4.10. The maximum absolute atomic E-state index is 4.85. The van der Waals surface area contributed by atoms with Crippen LogP contribution >= 0.6 is 0 Å². The summed E-state index contributed by atoms with van der Waals surface area (Å²) in [6.45, 7) is 9.19. The second kappa shape index (κ2) is 34.5. The van der Waals surface area contributed by atoms with Gasteiger partial charge in [0.1, 0.15) is 0 Å². The highest BCUT2D eigenvalue weighted by Gasteiger charge is 2.13. The Kier molecular flexibility index (Phi) is 46.6. The van der Waals surface area contributed by atoms with Crippen molar-refractivity contribution >= 4 is 0 Å². The number of nitrogens with zero attached hydrogens (tertiary/aromatic N) is 6. The Bertz CT molecular complexity index is 339. The average Bonchev–Trinajstić information content (AvgIpc) is 2.68. The van der Waals surface area contributed by atoms with Gasteiger partial charge in [-0.2, -0.15) is 0 Å². The van der Waals surface area contributed by atoms with Crippen molar-refractivity contribution in [2.24, 2.45) is 0 Å². The number of methoxy groups -OCH3 is 1. The first-order valence-electron chi connectivity index (χ1n) is 11.1. The zero-order valence-corrected chi connectivity index (χ0v) is 22.7. The molecule has 1 rings (SSSR count). The molecule has 12 heteroatoms. The maximum atomic E-state index is 4.85. The van der Waals surface area contributed by atoms with Gasteiger partial charge in [-0.15, -0.1) is 0 Å². The Morgan fingerprint density at radius 1 is 0.611 bits per heavy atom. The quantitative estimate of drug-likeness (QED) is 0.157. The summed E-state index contributed by atoms with van der Waals surface area (Å²) in [4.78, 5) is 13.4. The van der Waals surface area contributed by atoms with E-state index in [1.807, 2.05) is 28.2 Å². The van der Waals surface area contributed by atoms with Crippen LogP contribution in [0.5, 0.6) is 0 Å². The van der Waals surface area contributed by atoms with Gasteiger partial charge >= 0.3 is 0 Å². The normalized spacial score (nSPS) is 13.9. The first-order chi connectivity index (χ1) is 15.2. The Morgan fingerprint density at radius 2 is 1.00 bits per heavy atom. The van der Waals surface area contributed by atoms with E-state index in [4.69, 9.17) is 4.74 Å². The van der Waals surface area contributed by atoms with E-state index in [0.717, 1.165) is 60.0 Å². The molecule has 0 aliphatic carbocycles. The van der Waals surface area contributed by atoms with Crippen molar-refractivity contribution in [3.05, 3.63) is 0 Å². The molecule has 0 spiro atoms. The predicted molar refractivity (Wildman–Crippen MR) is 163 cm³/mol. The van der Waals surface area contributed by atoms with Crippen LogP contribution < -0.4 is 26.6 Å². The van der Waals surface area contributed by atoms with E-state index in [1.54, 1.807) is 7.11 Å². The summed E-state index contributed by atoms with van der Waals surface area (Å²) in [5.41, 5.74) is 0. The van der Waals surface area contributed by atoms with Gasteiger partial charge in [0.2, 0.25) is 0 Å². The summed E-state index contributed by atoms with van der Waals surface area (Å²) in [5.74, 6) is 0. The predicted octanol–water partition coefficient (Wildman–Crippen LogP) is 0.167. The summed E-state index contributed by atoms with van der Waals surface area (Å²) in [6.07, 6.45) is 0. The van der Waals surface area contributed by atoms with Crippen molar-refractivity contribution < 1.29 is 4.74 Å². The molecule has 0 aromatic heterocycles. The lowest BCUT2D eigenvalue weighted by molar-refractivity contribution is 0.0149. The molecular weight excluding hydrogens is 458 g/mol. The first-order valence-corrected chi connectivity index (χ1v) is 11.1. The van der Waals surface area contributed by atoms with Gasteiger partial charge < -0.3 is 20.7 Å². The molecule has 1 saturated heterocycles. The maximum Gasteiger partial charge on any atom is 0.0971 e. The molecule has 228 valence electrons. The number of ether oxygens (including phenoxy) is 1. The Labute approximate surface area is 228 Å². The third-order valence-electron chi connectivity index (χ3n) is 4.10. The van der Waals surface area contributed by atoms with Crippen LogP contribution in [0, 0.1) is 0 Å². The van der Waals surface area contributed by atoms with E-state index in [2.05, 4.69) is 91.2 Å². The third kappa shape index (κ3) is 35.7. The average molecular weight is 530 g/mol. The molecular formula is C24H71N11O. The molecule has 0 amide bonds. The molecule has 0 bridgehead atoms. The van der Waals surface area contributed by atoms with Crippen LogP contribution in [0.2, 0.25) is 0 Å². The summed E-state index contributed by atoms with van der Waals surface area (Å²) in [5, 5.41) is 15.5. The summed E-state index contributed by atoms with van der Waals surface area (Å²) >= 11 is 0. The molecule has 0 radical (unpaired) electrons. The highest BCUT2D eigenvalue weighted by atomic mass is 16.5. The number of rotatable bonds is 14. The topological polar surface area (TPSA) is 88.8 Å². The minimum absolute atomic E-state index is 0. The van der Waals surface area contributed by atoms with Gasteiger partial charge in [0.05, 0.1) is 40.1 Å². The van der Waals surface area contributed by atoms with Crippen molar-refractivity contribution in [1.29, 1.82) is 0 Å². The Balaban J connectivity index is -0.0000000894. The highest BCUT2D eigenvalue weighted by molar-refractivity contribution is 4.58. The SMILES string of the molecule is C.C.C.C.CN1CN(C)CN(C)C1.CNCN(C)CN(C)CNC.CNCNCN(C)CNCOC. The number of nitrogens with one attached hydrogen (secondary N) is 5. The Morgan fingerprint density at radius 3 is 1.33 bits per heavy atom. The van der Waals surface area contributed by atoms with Crippen molar-refractivity contribution in [1.82, 2.24) is 56.0 Å². The fourth-order valence-corrected chi connectivity index (χ4v) is 3.19. The fraction of sp³-hybridized carbons (Fsp3) is 1.00. The molecule has 0 atom stereocenters. The van der Waals surface area contributed by atoms with Crippen molar-refractivity contribution in [2.45, 2.75) is 29.7 Å². The largest absolute Gasteiger partial charge is 0.370 e. The van der Waals surface area contributed by atoms with Crippen molar-refractivity contribution in [3.63, 3.8) is 0 Å². The van der Waals surface area contributed by atoms with Crippen LogP contribution in [-0.4, -0.2) is 167 Å². The van der Waals surface area contributed by atoms with Gasteiger partial charge in [-0.25, -0.2) is 0 Å². The van der Waals surface area contributed by atoms with Crippen LogP contribution in [0.1, 0.15) is 29.7 Å². The van der Waals surface area contributed by atoms with Gasteiger partial charge in [-0.3, -0.25) is 40.0 Å². The van der Waals surface area contributed by atoms with E-state index in [0.29, 0.717) is 6.73 Å². The molecule has 1 aliphatic rings. The molecule has 0 aromatic rings. The van der Waals surface area contributed by atoms with Crippen LogP contribution in [0.15, 0.2) is 0 Å². The molecule has 1 fully saturated rings. The zero-order valence-electron chi connectivity index (χ0n) is 22.7. The molecule has 0 aromatic carbocycles. The van der Waals surface area contributed by atoms with E-state index in [9.17, 15) is 0 Å². The van der Waals surface area contributed by atoms with Crippen molar-refractivity contribution in [3.8, 4) is 0 Å². The fourth-order valence-electron chi connectivity index (χ4n) is 3.19. The van der Waals surface area contributed by atoms with Crippen LogP contribution in [0.3, 0.4) is 0 Å². The van der Waals surface area contributed by atoms with Crippen molar-refractivity contribution in [2.75, 3.05) is 137 Å². The lowest BCUT2D eigenvalue weighted by atomic mass is 10.6. The van der Waals surface area contributed by atoms with E-state index >= 15 is 0 Å². The minimum Gasteiger partial charge on any atom is -0.370 e. The molecule has 12 nitrogen and oxygen atoms in total. The smallest absolute Gasteiger partial charge is 0.0971 e. The second-order valence-corrected chi connectivity index (χ2v) is 8.50. The first kappa shape index (κ1) is 48.6. The van der Waals surface area contributed by atoms with Gasteiger partial charge in [-0.05, 0) is 63.4 Å². The van der Waals surface area contributed by atoms with Gasteiger partial charge in [-0.1, -0.05) is 29.7 Å². The summed E-state index contributed by atoms with van der Waals surface area (Å²) in [7, 11) is 20.1. The molecule has 1 aliphatic heterocycles.